The molecular weight excluding hydrogens is 106 g/mol. The number of hydrogen-bond acceptors (Lipinski definition) is 3. The minimum Gasteiger partial charge on any atom is -0.373 e. The van der Waals surface area contributed by atoms with Gasteiger partial charge in [0.2, 0.25) is 0 Å². The Bertz CT molecular complexity index is 61.4. The average Bonchev–Trinajstić information content (AvgIpc) is 1.90. The minimum atomic E-state index is 0.744. The summed E-state index contributed by atoms with van der Waals surface area (Å²) in [4.78, 5) is 4.91. The third-order valence-electron chi connectivity index (χ3n) is 1.11. The van der Waals surface area contributed by atoms with E-state index in [4.69, 9.17) is 9.57 Å². The third-order valence-corrected chi connectivity index (χ3v) is 1.11. The lowest BCUT2D eigenvalue weighted by atomic mass is 10.5. The Morgan fingerprint density at radius 2 is 2.62 bits per heavy atom. The largest absolute Gasteiger partial charge is 0.373 e. The van der Waals surface area contributed by atoms with Gasteiger partial charge in [-0.25, -0.2) is 0 Å². The molecule has 0 aromatic carbocycles. The zero-order valence-corrected chi connectivity index (χ0v) is 4.96. The van der Waals surface area contributed by atoms with Crippen molar-refractivity contribution in [3.8, 4) is 0 Å². The van der Waals surface area contributed by atoms with Crippen molar-refractivity contribution in [2.24, 2.45) is 0 Å². The summed E-state index contributed by atoms with van der Waals surface area (Å²) in [5.41, 5.74) is 0. The first kappa shape index (κ1) is 6.01. The van der Waals surface area contributed by atoms with Gasteiger partial charge in [0, 0.05) is 6.54 Å². The van der Waals surface area contributed by atoms with Gasteiger partial charge in [-0.05, 0) is 0 Å². The quantitative estimate of drug-likeness (QED) is 0.483. The van der Waals surface area contributed by atoms with E-state index in [0.717, 1.165) is 19.7 Å². The Morgan fingerprint density at radius 1 is 1.75 bits per heavy atom. The summed E-state index contributed by atoms with van der Waals surface area (Å²) in [5.74, 6) is 0. The van der Waals surface area contributed by atoms with Gasteiger partial charge in [0.15, 0.2) is 0 Å². The van der Waals surface area contributed by atoms with Gasteiger partial charge in [-0.3, -0.25) is 0 Å². The fraction of sp³-hybridized carbons (Fsp3) is 0.800. The molecule has 1 rings (SSSR count). The number of ether oxygens (including phenoxy) is 1. The van der Waals surface area contributed by atoms with Crippen molar-refractivity contribution in [2.45, 2.75) is 0 Å². The zero-order chi connectivity index (χ0) is 5.82. The maximum atomic E-state index is 4.95. The summed E-state index contributed by atoms with van der Waals surface area (Å²) in [6.07, 6.45) is 0. The van der Waals surface area contributed by atoms with E-state index in [1.807, 2.05) is 5.06 Å². The average molecular weight is 116 g/mol. The summed E-state index contributed by atoms with van der Waals surface area (Å²) in [7, 11) is 1.67. The van der Waals surface area contributed by atoms with E-state index in [-0.39, 0.29) is 0 Å². The summed E-state index contributed by atoms with van der Waals surface area (Å²) < 4.78 is 4.95. The number of nitrogens with zero attached hydrogens (tertiary/aromatic N) is 1. The second-order valence-corrected chi connectivity index (χ2v) is 1.61. The zero-order valence-electron chi connectivity index (χ0n) is 4.96. The molecule has 0 amide bonds. The molecule has 0 bridgehead atoms. The van der Waals surface area contributed by atoms with Crippen molar-refractivity contribution in [1.82, 2.24) is 5.06 Å². The SMILES string of the molecule is CON1C[CH]OCC1. The molecule has 0 atom stereocenters. The number of hydrogen-bond donors (Lipinski definition) is 0. The predicted molar refractivity (Wildman–Crippen MR) is 28.8 cm³/mol. The molecule has 1 heterocycles. The first-order valence-corrected chi connectivity index (χ1v) is 2.66. The molecule has 0 saturated carbocycles. The van der Waals surface area contributed by atoms with Gasteiger partial charge < -0.3 is 9.57 Å². The highest BCUT2D eigenvalue weighted by Gasteiger charge is 2.07. The minimum absolute atomic E-state index is 0.744. The fourth-order valence-electron chi connectivity index (χ4n) is 0.631. The highest BCUT2D eigenvalue weighted by atomic mass is 16.7. The van der Waals surface area contributed by atoms with Crippen LogP contribution < -0.4 is 0 Å². The van der Waals surface area contributed by atoms with Crippen LogP contribution in [0.4, 0.5) is 0 Å². The number of rotatable bonds is 1. The Labute approximate surface area is 49.1 Å². The topological polar surface area (TPSA) is 21.7 Å². The molecular formula is C5H10NO2. The second kappa shape index (κ2) is 3.02. The Morgan fingerprint density at radius 3 is 3.00 bits per heavy atom. The molecule has 3 heteroatoms. The summed E-state index contributed by atoms with van der Waals surface area (Å²) in [6, 6.07) is 0. The van der Waals surface area contributed by atoms with Gasteiger partial charge in [0.05, 0.1) is 20.3 Å². The smallest absolute Gasteiger partial charge is 0.100 e. The normalized spacial score (nSPS) is 23.6. The highest BCUT2D eigenvalue weighted by Crippen LogP contribution is 1.97. The van der Waals surface area contributed by atoms with Crippen LogP contribution in [-0.2, 0) is 9.57 Å². The van der Waals surface area contributed by atoms with E-state index < -0.39 is 0 Å². The van der Waals surface area contributed by atoms with E-state index in [1.54, 1.807) is 13.7 Å². The van der Waals surface area contributed by atoms with Crippen LogP contribution in [0.1, 0.15) is 0 Å². The molecule has 1 aliphatic rings. The first-order valence-electron chi connectivity index (χ1n) is 2.66. The molecule has 3 nitrogen and oxygen atoms in total. The molecule has 1 radical (unpaired) electrons. The molecule has 1 saturated heterocycles. The molecule has 0 spiro atoms. The van der Waals surface area contributed by atoms with Crippen LogP contribution in [0.2, 0.25) is 0 Å². The molecule has 47 valence electrons. The summed E-state index contributed by atoms with van der Waals surface area (Å²) in [5, 5.41) is 1.84. The number of hydroxylamine groups is 2. The van der Waals surface area contributed by atoms with Crippen LogP contribution >= 0.6 is 0 Å². The van der Waals surface area contributed by atoms with Gasteiger partial charge in [0.25, 0.3) is 0 Å². The Hall–Kier alpha value is -0.120. The molecule has 1 fully saturated rings. The predicted octanol–water partition coefficient (Wildman–Crippen LogP) is 0.0418. The lowest BCUT2D eigenvalue weighted by molar-refractivity contribution is -0.158. The van der Waals surface area contributed by atoms with Gasteiger partial charge in [-0.2, -0.15) is 5.06 Å². The molecule has 0 aliphatic carbocycles. The van der Waals surface area contributed by atoms with Crippen molar-refractivity contribution >= 4 is 0 Å². The third kappa shape index (κ3) is 1.43. The van der Waals surface area contributed by atoms with Gasteiger partial charge in [-0.1, -0.05) is 0 Å². The van der Waals surface area contributed by atoms with E-state index in [2.05, 4.69) is 0 Å². The van der Waals surface area contributed by atoms with Crippen molar-refractivity contribution in [3.05, 3.63) is 6.61 Å². The van der Waals surface area contributed by atoms with Gasteiger partial charge in [0.1, 0.15) is 6.61 Å². The highest BCUT2D eigenvalue weighted by molar-refractivity contribution is 4.60. The van der Waals surface area contributed by atoms with Crippen LogP contribution in [0, 0.1) is 6.61 Å². The van der Waals surface area contributed by atoms with E-state index >= 15 is 0 Å². The maximum Gasteiger partial charge on any atom is 0.100 e. The fourth-order valence-corrected chi connectivity index (χ4v) is 0.631. The van der Waals surface area contributed by atoms with Crippen LogP contribution in [0.3, 0.4) is 0 Å². The lowest BCUT2D eigenvalue weighted by Crippen LogP contribution is -2.32. The monoisotopic (exact) mass is 116 g/mol. The Balaban J connectivity index is 2.13. The van der Waals surface area contributed by atoms with E-state index in [1.165, 1.54) is 0 Å². The van der Waals surface area contributed by atoms with Crippen molar-refractivity contribution in [2.75, 3.05) is 26.8 Å². The van der Waals surface area contributed by atoms with Crippen molar-refractivity contribution in [1.29, 1.82) is 0 Å². The standard InChI is InChI=1S/C5H10NO2/c1-7-6-2-4-8-5-3-6/h4H,2-3,5H2,1H3. The molecule has 0 unspecified atom stereocenters. The maximum absolute atomic E-state index is 4.95. The summed E-state index contributed by atoms with van der Waals surface area (Å²) in [6.45, 7) is 4.13. The van der Waals surface area contributed by atoms with Crippen LogP contribution in [0.25, 0.3) is 0 Å². The summed E-state index contributed by atoms with van der Waals surface area (Å²) >= 11 is 0. The molecule has 0 aromatic rings. The lowest BCUT2D eigenvalue weighted by Gasteiger charge is -2.22. The van der Waals surface area contributed by atoms with E-state index in [9.17, 15) is 0 Å². The van der Waals surface area contributed by atoms with Gasteiger partial charge in [-0.15, -0.1) is 0 Å². The van der Waals surface area contributed by atoms with Crippen molar-refractivity contribution in [3.63, 3.8) is 0 Å². The van der Waals surface area contributed by atoms with E-state index in [0.29, 0.717) is 0 Å². The van der Waals surface area contributed by atoms with Crippen molar-refractivity contribution < 1.29 is 9.57 Å². The second-order valence-electron chi connectivity index (χ2n) is 1.61. The Kier molecular flexibility index (Phi) is 2.27. The first-order chi connectivity index (χ1) is 3.93. The van der Waals surface area contributed by atoms with Crippen LogP contribution in [-0.4, -0.2) is 31.9 Å². The number of morpholine rings is 1. The molecule has 0 aromatic heterocycles. The molecule has 8 heavy (non-hydrogen) atoms. The van der Waals surface area contributed by atoms with Crippen LogP contribution in [0.5, 0.6) is 0 Å². The molecule has 0 N–H and O–H groups in total. The van der Waals surface area contributed by atoms with Crippen LogP contribution in [0.15, 0.2) is 0 Å². The molecule has 1 aliphatic heterocycles. The van der Waals surface area contributed by atoms with Gasteiger partial charge >= 0.3 is 0 Å².